The molecule has 0 atom stereocenters. The van der Waals surface area contributed by atoms with Crippen LogP contribution in [0.25, 0.3) is 0 Å². The fourth-order valence-electron chi connectivity index (χ4n) is 1.27. The molecule has 0 aliphatic heterocycles. The van der Waals surface area contributed by atoms with Crippen LogP contribution < -0.4 is 10.5 Å². The normalized spacial score (nSPS) is 14.5. The Labute approximate surface area is 90.4 Å². The molecule has 0 saturated heterocycles. The topological polar surface area (TPSA) is 108 Å². The quantitative estimate of drug-likeness (QED) is 0.594. The van der Waals surface area contributed by atoms with Gasteiger partial charge in [0.25, 0.3) is 5.91 Å². The molecule has 0 bridgehead atoms. The van der Waals surface area contributed by atoms with Gasteiger partial charge in [0.2, 0.25) is 0 Å². The van der Waals surface area contributed by atoms with E-state index in [2.05, 4.69) is 4.98 Å². The first kappa shape index (κ1) is 10.3. The Hall–Kier alpha value is -2.18. The van der Waals surface area contributed by atoms with Crippen molar-refractivity contribution >= 4 is 11.7 Å². The van der Waals surface area contributed by atoms with Gasteiger partial charge in [0.15, 0.2) is 5.56 Å². The average molecular weight is 223 g/mol. The van der Waals surface area contributed by atoms with Crippen LogP contribution in [-0.2, 0) is 0 Å². The molecule has 16 heavy (non-hydrogen) atoms. The number of primary amides is 1. The number of amides is 1. The van der Waals surface area contributed by atoms with Gasteiger partial charge < -0.3 is 20.6 Å². The predicted molar refractivity (Wildman–Crippen MR) is 53.1 cm³/mol. The van der Waals surface area contributed by atoms with Gasteiger partial charge in [-0.1, -0.05) is 0 Å². The smallest absolute Gasteiger partial charge is 0.380 e. The summed E-state index contributed by atoms with van der Waals surface area (Å²) in [7, 11) is 0. The molecule has 1 amide bonds. The highest BCUT2D eigenvalue weighted by molar-refractivity contribution is 5.99. The number of nitro groups is 1. The number of nitrogens with zero attached hydrogens (tertiary/aromatic N) is 2. The zero-order valence-corrected chi connectivity index (χ0v) is 8.25. The van der Waals surface area contributed by atoms with Crippen molar-refractivity contribution in [3.05, 3.63) is 27.9 Å². The first-order valence-electron chi connectivity index (χ1n) is 4.69. The number of ether oxygens (including phenoxy) is 1. The van der Waals surface area contributed by atoms with Crippen LogP contribution in [0.2, 0.25) is 0 Å². The lowest BCUT2D eigenvalue weighted by molar-refractivity contribution is -0.389. The van der Waals surface area contributed by atoms with E-state index in [0.29, 0.717) is 0 Å². The molecule has 1 aromatic rings. The van der Waals surface area contributed by atoms with E-state index in [0.717, 1.165) is 12.8 Å². The third kappa shape index (κ3) is 1.92. The highest BCUT2D eigenvalue weighted by atomic mass is 16.6. The Kier molecular flexibility index (Phi) is 2.43. The maximum absolute atomic E-state index is 11.1. The molecule has 0 aromatic carbocycles. The second-order valence-electron chi connectivity index (χ2n) is 3.45. The predicted octanol–water partition coefficient (Wildman–Crippen LogP) is 0.630. The van der Waals surface area contributed by atoms with E-state index >= 15 is 0 Å². The number of hydrogen-bond donors (Lipinski definition) is 1. The van der Waals surface area contributed by atoms with Crippen molar-refractivity contribution < 1.29 is 14.5 Å². The Morgan fingerprint density at radius 2 is 2.31 bits per heavy atom. The fourth-order valence-corrected chi connectivity index (χ4v) is 1.27. The van der Waals surface area contributed by atoms with Crippen LogP contribution in [0.1, 0.15) is 23.2 Å². The molecule has 0 spiro atoms. The largest absolute Gasteiger partial charge is 0.489 e. The van der Waals surface area contributed by atoms with Gasteiger partial charge in [-0.2, -0.15) is 0 Å². The third-order valence-electron chi connectivity index (χ3n) is 2.13. The summed E-state index contributed by atoms with van der Waals surface area (Å²) in [5.74, 6) is -1.34. The Morgan fingerprint density at radius 1 is 1.62 bits per heavy atom. The van der Waals surface area contributed by atoms with Gasteiger partial charge in [-0.3, -0.25) is 4.79 Å². The van der Waals surface area contributed by atoms with E-state index in [4.69, 9.17) is 10.5 Å². The van der Waals surface area contributed by atoms with Crippen LogP contribution in [0.15, 0.2) is 12.3 Å². The summed E-state index contributed by atoms with van der Waals surface area (Å²) < 4.78 is 5.36. The SMILES string of the molecule is NC(=O)c1c(OC2CC2)ccnc1[N+](=O)[O-]. The number of rotatable bonds is 4. The summed E-state index contributed by atoms with van der Waals surface area (Å²) in [6.07, 6.45) is 3.02. The van der Waals surface area contributed by atoms with E-state index in [-0.39, 0.29) is 17.4 Å². The molecule has 7 heteroatoms. The first-order valence-corrected chi connectivity index (χ1v) is 4.69. The molecule has 0 radical (unpaired) electrons. The van der Waals surface area contributed by atoms with Gasteiger partial charge in [-0.25, -0.2) is 0 Å². The van der Waals surface area contributed by atoms with E-state index in [1.807, 2.05) is 0 Å². The number of aromatic nitrogens is 1. The number of carbonyl (C=O) groups excluding carboxylic acids is 1. The molecule has 1 aliphatic rings. The second-order valence-corrected chi connectivity index (χ2v) is 3.45. The summed E-state index contributed by atoms with van der Waals surface area (Å²) in [5.41, 5.74) is 4.82. The van der Waals surface area contributed by atoms with E-state index in [1.54, 1.807) is 0 Å². The summed E-state index contributed by atoms with van der Waals surface area (Å²) >= 11 is 0. The number of hydrogen-bond acceptors (Lipinski definition) is 5. The lowest BCUT2D eigenvalue weighted by Crippen LogP contribution is -2.16. The zero-order valence-electron chi connectivity index (χ0n) is 8.25. The van der Waals surface area contributed by atoms with Crippen molar-refractivity contribution in [3.8, 4) is 5.75 Å². The number of nitrogens with two attached hydrogens (primary N) is 1. The summed E-state index contributed by atoms with van der Waals surface area (Å²) in [6.45, 7) is 0. The van der Waals surface area contributed by atoms with Crippen LogP contribution in [-0.4, -0.2) is 21.9 Å². The lowest BCUT2D eigenvalue weighted by Gasteiger charge is -2.07. The fraction of sp³-hybridized carbons (Fsp3) is 0.333. The molecule has 1 fully saturated rings. The van der Waals surface area contributed by atoms with Gasteiger partial charge in [0.05, 0.1) is 6.10 Å². The molecule has 84 valence electrons. The first-order chi connectivity index (χ1) is 7.59. The molecule has 1 saturated carbocycles. The standard InChI is InChI=1S/C9H9N3O4/c10-8(13)7-6(16-5-1-2-5)3-4-11-9(7)12(14)15/h3-5H,1-2H2,(H2,10,13). The molecule has 2 rings (SSSR count). The van der Waals surface area contributed by atoms with Gasteiger partial charge >= 0.3 is 5.82 Å². The van der Waals surface area contributed by atoms with Gasteiger partial charge in [0.1, 0.15) is 11.9 Å². The second kappa shape index (κ2) is 3.76. The van der Waals surface area contributed by atoms with Crippen LogP contribution in [0.5, 0.6) is 5.75 Å². The van der Waals surface area contributed by atoms with Crippen molar-refractivity contribution in [2.24, 2.45) is 5.73 Å². The van der Waals surface area contributed by atoms with Crippen molar-refractivity contribution in [1.29, 1.82) is 0 Å². The highest BCUT2D eigenvalue weighted by Gasteiger charge is 2.30. The minimum atomic E-state index is -0.907. The van der Waals surface area contributed by atoms with Gasteiger partial charge in [0, 0.05) is 6.07 Å². The van der Waals surface area contributed by atoms with Gasteiger partial charge in [-0.15, -0.1) is 0 Å². The third-order valence-corrected chi connectivity index (χ3v) is 2.13. The van der Waals surface area contributed by atoms with Crippen molar-refractivity contribution in [2.45, 2.75) is 18.9 Å². The van der Waals surface area contributed by atoms with Crippen molar-refractivity contribution in [3.63, 3.8) is 0 Å². The lowest BCUT2D eigenvalue weighted by atomic mass is 10.2. The minimum Gasteiger partial charge on any atom is -0.489 e. The summed E-state index contributed by atoms with van der Waals surface area (Å²) in [5, 5.41) is 10.7. The Morgan fingerprint density at radius 3 is 2.81 bits per heavy atom. The monoisotopic (exact) mass is 223 g/mol. The van der Waals surface area contributed by atoms with E-state index in [9.17, 15) is 14.9 Å². The average Bonchev–Trinajstić information content (AvgIpc) is 3.00. The number of carbonyl (C=O) groups is 1. The maximum Gasteiger partial charge on any atom is 0.380 e. The molecule has 2 N–H and O–H groups in total. The summed E-state index contributed by atoms with van der Waals surface area (Å²) in [4.78, 5) is 24.6. The molecule has 1 aliphatic carbocycles. The van der Waals surface area contributed by atoms with Crippen molar-refractivity contribution in [2.75, 3.05) is 0 Å². The van der Waals surface area contributed by atoms with E-state index < -0.39 is 16.6 Å². The van der Waals surface area contributed by atoms with Gasteiger partial charge in [-0.05, 0) is 22.7 Å². The van der Waals surface area contributed by atoms with Crippen LogP contribution in [0, 0.1) is 10.1 Å². The summed E-state index contributed by atoms with van der Waals surface area (Å²) in [6, 6.07) is 1.41. The van der Waals surface area contributed by atoms with Crippen LogP contribution in [0.3, 0.4) is 0 Å². The molecular formula is C9H9N3O4. The van der Waals surface area contributed by atoms with Crippen molar-refractivity contribution in [1.82, 2.24) is 4.98 Å². The van der Waals surface area contributed by atoms with Crippen LogP contribution in [0.4, 0.5) is 5.82 Å². The maximum atomic E-state index is 11.1. The molecular weight excluding hydrogens is 214 g/mol. The molecule has 1 heterocycles. The number of pyridine rings is 1. The van der Waals surface area contributed by atoms with E-state index in [1.165, 1.54) is 12.3 Å². The zero-order chi connectivity index (χ0) is 11.7. The highest BCUT2D eigenvalue weighted by Crippen LogP contribution is 2.31. The Bertz CT molecular complexity index is 456. The minimum absolute atomic E-state index is 0.0279. The molecule has 7 nitrogen and oxygen atoms in total. The van der Waals surface area contributed by atoms with Crippen LogP contribution >= 0.6 is 0 Å². The Balaban J connectivity index is 2.45. The molecule has 0 unspecified atom stereocenters. The molecule has 1 aromatic heterocycles.